The predicted octanol–water partition coefficient (Wildman–Crippen LogP) is 1.93. The van der Waals surface area contributed by atoms with Gasteiger partial charge in [0.15, 0.2) is 0 Å². The zero-order valence-corrected chi connectivity index (χ0v) is 11.4. The van der Waals surface area contributed by atoms with Crippen LogP contribution >= 0.6 is 0 Å². The molecule has 5 nitrogen and oxygen atoms in total. The number of ether oxygens (including phenoxy) is 1. The van der Waals surface area contributed by atoms with E-state index in [1.54, 1.807) is 45.2 Å². The number of carbonyl (C=O) groups excluding carboxylic acids is 1. The van der Waals surface area contributed by atoms with Gasteiger partial charge >= 0.3 is 5.97 Å². The zero-order chi connectivity index (χ0) is 14.5. The number of amides is 1. The van der Waals surface area contributed by atoms with Gasteiger partial charge < -0.3 is 15.2 Å². The van der Waals surface area contributed by atoms with Crippen molar-refractivity contribution in [3.05, 3.63) is 29.8 Å². The van der Waals surface area contributed by atoms with Crippen LogP contribution in [0.4, 0.5) is 0 Å². The average molecular weight is 265 g/mol. The Morgan fingerprint density at radius 3 is 2.32 bits per heavy atom. The van der Waals surface area contributed by atoms with E-state index in [-0.39, 0.29) is 12.5 Å². The highest BCUT2D eigenvalue weighted by molar-refractivity contribution is 5.94. The fraction of sp³-hybridized carbons (Fsp3) is 0.429. The van der Waals surface area contributed by atoms with Gasteiger partial charge in [0.05, 0.1) is 12.5 Å². The van der Waals surface area contributed by atoms with Crippen LogP contribution in [0.15, 0.2) is 24.3 Å². The molecule has 0 fully saturated rings. The molecule has 1 aromatic rings. The number of hydrogen-bond acceptors (Lipinski definition) is 3. The van der Waals surface area contributed by atoms with Crippen molar-refractivity contribution in [3.63, 3.8) is 0 Å². The SMILES string of the molecule is CCC(C)(CNC(=O)c1ccc(OC)cc1)C(=O)O. The maximum absolute atomic E-state index is 11.9. The van der Waals surface area contributed by atoms with Crippen LogP contribution in [0.1, 0.15) is 30.6 Å². The molecule has 0 heterocycles. The van der Waals surface area contributed by atoms with E-state index in [4.69, 9.17) is 9.84 Å². The smallest absolute Gasteiger partial charge is 0.311 e. The van der Waals surface area contributed by atoms with Gasteiger partial charge in [-0.3, -0.25) is 9.59 Å². The lowest BCUT2D eigenvalue weighted by Gasteiger charge is -2.23. The van der Waals surface area contributed by atoms with Crippen LogP contribution in [0.2, 0.25) is 0 Å². The molecule has 1 amide bonds. The lowest BCUT2D eigenvalue weighted by molar-refractivity contribution is -0.147. The Bertz CT molecular complexity index is 455. The number of methoxy groups -OCH3 is 1. The first-order chi connectivity index (χ1) is 8.92. The van der Waals surface area contributed by atoms with Crippen LogP contribution in [0.3, 0.4) is 0 Å². The minimum Gasteiger partial charge on any atom is -0.497 e. The Morgan fingerprint density at radius 1 is 1.32 bits per heavy atom. The highest BCUT2D eigenvalue weighted by atomic mass is 16.5. The van der Waals surface area contributed by atoms with Crippen LogP contribution in [-0.2, 0) is 4.79 Å². The van der Waals surface area contributed by atoms with E-state index >= 15 is 0 Å². The number of benzene rings is 1. The summed E-state index contributed by atoms with van der Waals surface area (Å²) >= 11 is 0. The molecule has 0 aromatic heterocycles. The lowest BCUT2D eigenvalue weighted by atomic mass is 9.87. The number of aliphatic carboxylic acids is 1. The molecule has 0 aliphatic carbocycles. The largest absolute Gasteiger partial charge is 0.497 e. The molecule has 2 N–H and O–H groups in total. The van der Waals surface area contributed by atoms with Crippen molar-refractivity contribution in [2.45, 2.75) is 20.3 Å². The summed E-state index contributed by atoms with van der Waals surface area (Å²) in [7, 11) is 1.55. The molecular weight excluding hydrogens is 246 g/mol. The normalized spacial score (nSPS) is 13.4. The molecule has 1 unspecified atom stereocenters. The first-order valence-corrected chi connectivity index (χ1v) is 6.08. The second-order valence-corrected chi connectivity index (χ2v) is 4.63. The third kappa shape index (κ3) is 3.71. The van der Waals surface area contributed by atoms with E-state index in [9.17, 15) is 9.59 Å². The summed E-state index contributed by atoms with van der Waals surface area (Å²) in [5, 5.41) is 11.8. The standard InChI is InChI=1S/C14H19NO4/c1-4-14(2,13(17)18)9-15-12(16)10-5-7-11(19-3)8-6-10/h5-8H,4,9H2,1-3H3,(H,15,16)(H,17,18). The molecule has 0 aliphatic heterocycles. The summed E-state index contributed by atoms with van der Waals surface area (Å²) in [6.07, 6.45) is 0.450. The maximum Gasteiger partial charge on any atom is 0.311 e. The Labute approximate surface area is 112 Å². The number of carboxylic acids is 1. The van der Waals surface area contributed by atoms with Gasteiger partial charge in [-0.15, -0.1) is 0 Å². The average Bonchev–Trinajstić information content (AvgIpc) is 2.44. The van der Waals surface area contributed by atoms with Gasteiger partial charge in [-0.25, -0.2) is 0 Å². The van der Waals surface area contributed by atoms with Gasteiger partial charge in [0.2, 0.25) is 0 Å². The van der Waals surface area contributed by atoms with E-state index in [0.29, 0.717) is 17.7 Å². The van der Waals surface area contributed by atoms with E-state index < -0.39 is 11.4 Å². The van der Waals surface area contributed by atoms with Crippen molar-refractivity contribution < 1.29 is 19.4 Å². The van der Waals surface area contributed by atoms with Crippen LogP contribution in [0.5, 0.6) is 5.75 Å². The topological polar surface area (TPSA) is 75.6 Å². The Hall–Kier alpha value is -2.04. The van der Waals surface area contributed by atoms with Gasteiger partial charge in [0.1, 0.15) is 5.75 Å². The predicted molar refractivity (Wildman–Crippen MR) is 71.4 cm³/mol. The number of carbonyl (C=O) groups is 2. The molecule has 0 bridgehead atoms. The summed E-state index contributed by atoms with van der Waals surface area (Å²) in [6, 6.07) is 6.65. The molecule has 0 spiro atoms. The molecule has 0 saturated carbocycles. The fourth-order valence-electron chi connectivity index (χ4n) is 1.47. The van der Waals surface area contributed by atoms with Crippen molar-refractivity contribution in [1.82, 2.24) is 5.32 Å². The van der Waals surface area contributed by atoms with E-state index in [2.05, 4.69) is 5.32 Å². The lowest BCUT2D eigenvalue weighted by Crippen LogP contribution is -2.40. The molecule has 5 heteroatoms. The van der Waals surface area contributed by atoms with Crippen LogP contribution in [0.25, 0.3) is 0 Å². The Morgan fingerprint density at radius 2 is 1.89 bits per heavy atom. The molecule has 1 atom stereocenters. The molecule has 104 valence electrons. The molecule has 0 radical (unpaired) electrons. The van der Waals surface area contributed by atoms with E-state index in [1.165, 1.54) is 0 Å². The Balaban J connectivity index is 2.66. The summed E-state index contributed by atoms with van der Waals surface area (Å²) in [5.74, 6) is -0.533. The minimum absolute atomic E-state index is 0.101. The molecule has 19 heavy (non-hydrogen) atoms. The quantitative estimate of drug-likeness (QED) is 0.824. The van der Waals surface area contributed by atoms with Crippen molar-refractivity contribution in [1.29, 1.82) is 0 Å². The van der Waals surface area contributed by atoms with Crippen LogP contribution < -0.4 is 10.1 Å². The van der Waals surface area contributed by atoms with Gasteiger partial charge in [-0.2, -0.15) is 0 Å². The highest BCUT2D eigenvalue weighted by Crippen LogP contribution is 2.20. The minimum atomic E-state index is -0.942. The number of carboxylic acid groups (broad SMARTS) is 1. The highest BCUT2D eigenvalue weighted by Gasteiger charge is 2.31. The number of hydrogen-bond donors (Lipinski definition) is 2. The number of rotatable bonds is 6. The zero-order valence-electron chi connectivity index (χ0n) is 11.4. The van der Waals surface area contributed by atoms with Gasteiger partial charge in [-0.05, 0) is 37.6 Å². The second-order valence-electron chi connectivity index (χ2n) is 4.63. The fourth-order valence-corrected chi connectivity index (χ4v) is 1.47. The monoisotopic (exact) mass is 265 g/mol. The summed E-state index contributed by atoms with van der Waals surface area (Å²) in [4.78, 5) is 23.0. The first-order valence-electron chi connectivity index (χ1n) is 6.08. The van der Waals surface area contributed by atoms with Crippen LogP contribution in [0, 0.1) is 5.41 Å². The third-order valence-corrected chi connectivity index (χ3v) is 3.29. The summed E-state index contributed by atoms with van der Waals surface area (Å²) in [6.45, 7) is 3.50. The number of nitrogens with one attached hydrogen (secondary N) is 1. The Kier molecular flexibility index (Phi) is 4.92. The van der Waals surface area contributed by atoms with Crippen molar-refractivity contribution >= 4 is 11.9 Å². The maximum atomic E-state index is 11.9. The molecule has 1 aromatic carbocycles. The van der Waals surface area contributed by atoms with E-state index in [0.717, 1.165) is 0 Å². The first kappa shape index (κ1) is 15.0. The molecule has 1 rings (SSSR count). The van der Waals surface area contributed by atoms with Crippen LogP contribution in [-0.4, -0.2) is 30.6 Å². The molecule has 0 saturated heterocycles. The second kappa shape index (κ2) is 6.22. The summed E-state index contributed by atoms with van der Waals surface area (Å²) < 4.78 is 5.00. The van der Waals surface area contributed by atoms with Crippen molar-refractivity contribution in [3.8, 4) is 5.75 Å². The molecule has 0 aliphatic rings. The van der Waals surface area contributed by atoms with E-state index in [1.807, 2.05) is 0 Å². The third-order valence-electron chi connectivity index (χ3n) is 3.29. The van der Waals surface area contributed by atoms with Crippen molar-refractivity contribution in [2.24, 2.45) is 5.41 Å². The summed E-state index contributed by atoms with van der Waals surface area (Å²) in [5.41, 5.74) is -0.466. The van der Waals surface area contributed by atoms with Crippen molar-refractivity contribution in [2.75, 3.05) is 13.7 Å². The van der Waals surface area contributed by atoms with Gasteiger partial charge in [0.25, 0.3) is 5.91 Å². The van der Waals surface area contributed by atoms with Gasteiger partial charge in [0, 0.05) is 12.1 Å². The molecular formula is C14H19NO4. The van der Waals surface area contributed by atoms with Gasteiger partial charge in [-0.1, -0.05) is 6.92 Å².